The molecule has 1 unspecified atom stereocenters. The number of halogens is 1. The monoisotopic (exact) mass is 316 g/mol. The highest BCUT2D eigenvalue weighted by atomic mass is 35.5. The zero-order chi connectivity index (χ0) is 15.4. The quantitative estimate of drug-likeness (QED) is 0.941. The van der Waals surface area contributed by atoms with Gasteiger partial charge in [-0.1, -0.05) is 48.0 Å². The Morgan fingerprint density at radius 2 is 1.77 bits per heavy atom. The molecule has 22 heavy (non-hydrogen) atoms. The Labute approximate surface area is 136 Å². The summed E-state index contributed by atoms with van der Waals surface area (Å²) in [6.45, 7) is 4.64. The zero-order valence-corrected chi connectivity index (χ0v) is 13.3. The van der Waals surface area contributed by atoms with E-state index in [1.54, 1.807) is 0 Å². The van der Waals surface area contributed by atoms with Crippen LogP contribution in [0.3, 0.4) is 0 Å². The van der Waals surface area contributed by atoms with Gasteiger partial charge in [-0.2, -0.15) is 0 Å². The van der Waals surface area contributed by atoms with Crippen molar-refractivity contribution in [2.75, 3.05) is 26.3 Å². The molecular weight excluding hydrogens is 296 g/mol. The van der Waals surface area contributed by atoms with Crippen molar-refractivity contribution in [3.8, 4) is 0 Å². The normalized spacial score (nSPS) is 17.4. The number of morpholine rings is 1. The summed E-state index contributed by atoms with van der Waals surface area (Å²) in [4.78, 5) is 2.41. The molecule has 1 saturated heterocycles. The van der Waals surface area contributed by atoms with Gasteiger partial charge in [-0.05, 0) is 28.8 Å². The standard InChI is InChI=1S/C18H21ClN2O/c19-17-3-1-2-16(12-17)18(20)15-6-4-14(5-7-15)13-21-8-10-22-11-9-21/h1-7,12,18H,8-11,13,20H2. The van der Waals surface area contributed by atoms with Crippen LogP contribution in [0.15, 0.2) is 48.5 Å². The molecule has 2 aromatic carbocycles. The zero-order valence-electron chi connectivity index (χ0n) is 12.5. The molecular formula is C18H21ClN2O. The van der Waals surface area contributed by atoms with Gasteiger partial charge in [0.05, 0.1) is 19.3 Å². The summed E-state index contributed by atoms with van der Waals surface area (Å²) in [7, 11) is 0. The van der Waals surface area contributed by atoms with Crippen molar-refractivity contribution in [1.29, 1.82) is 0 Å². The molecule has 0 bridgehead atoms. The molecule has 4 heteroatoms. The molecule has 1 aliphatic heterocycles. The smallest absolute Gasteiger partial charge is 0.0594 e. The topological polar surface area (TPSA) is 38.5 Å². The summed E-state index contributed by atoms with van der Waals surface area (Å²) >= 11 is 6.04. The summed E-state index contributed by atoms with van der Waals surface area (Å²) in [5.74, 6) is 0. The lowest BCUT2D eigenvalue weighted by molar-refractivity contribution is 0.0342. The molecule has 0 saturated carbocycles. The summed E-state index contributed by atoms with van der Waals surface area (Å²) in [5.41, 5.74) is 9.78. The third kappa shape index (κ3) is 3.87. The van der Waals surface area contributed by atoms with E-state index >= 15 is 0 Å². The van der Waals surface area contributed by atoms with Crippen LogP contribution in [0.5, 0.6) is 0 Å². The van der Waals surface area contributed by atoms with Crippen LogP contribution in [0.4, 0.5) is 0 Å². The van der Waals surface area contributed by atoms with Crippen LogP contribution in [0.25, 0.3) is 0 Å². The van der Waals surface area contributed by atoms with Gasteiger partial charge < -0.3 is 10.5 Å². The van der Waals surface area contributed by atoms with Gasteiger partial charge in [0.2, 0.25) is 0 Å². The van der Waals surface area contributed by atoms with Crippen molar-refractivity contribution in [3.63, 3.8) is 0 Å². The number of rotatable bonds is 4. The summed E-state index contributed by atoms with van der Waals surface area (Å²) in [5, 5.41) is 0.719. The molecule has 0 aromatic heterocycles. The van der Waals surface area contributed by atoms with Crippen molar-refractivity contribution < 1.29 is 4.74 Å². The molecule has 3 nitrogen and oxygen atoms in total. The number of nitrogens with zero attached hydrogens (tertiary/aromatic N) is 1. The van der Waals surface area contributed by atoms with Crippen LogP contribution in [0, 0.1) is 0 Å². The Balaban J connectivity index is 1.68. The van der Waals surface area contributed by atoms with Crippen molar-refractivity contribution in [2.45, 2.75) is 12.6 Å². The number of benzene rings is 2. The second-order valence-corrected chi connectivity index (χ2v) is 6.10. The third-order valence-corrected chi connectivity index (χ3v) is 4.29. The highest BCUT2D eigenvalue weighted by Crippen LogP contribution is 2.23. The lowest BCUT2D eigenvalue weighted by Gasteiger charge is -2.26. The fraction of sp³-hybridized carbons (Fsp3) is 0.333. The molecule has 0 amide bonds. The first-order valence-corrected chi connectivity index (χ1v) is 8.00. The Morgan fingerprint density at radius 1 is 1.05 bits per heavy atom. The highest BCUT2D eigenvalue weighted by Gasteiger charge is 2.12. The van der Waals surface area contributed by atoms with Crippen LogP contribution in [0.1, 0.15) is 22.7 Å². The van der Waals surface area contributed by atoms with Crippen LogP contribution < -0.4 is 5.73 Å². The van der Waals surface area contributed by atoms with E-state index < -0.39 is 0 Å². The van der Waals surface area contributed by atoms with Crippen molar-refractivity contribution in [2.24, 2.45) is 5.73 Å². The Bertz CT molecular complexity index is 609. The van der Waals surface area contributed by atoms with Gasteiger partial charge in [-0.3, -0.25) is 4.90 Å². The van der Waals surface area contributed by atoms with Gasteiger partial charge >= 0.3 is 0 Å². The van der Waals surface area contributed by atoms with Gasteiger partial charge in [-0.25, -0.2) is 0 Å². The summed E-state index contributed by atoms with van der Waals surface area (Å²) in [6, 6.07) is 16.1. The molecule has 1 fully saturated rings. The maximum atomic E-state index is 6.33. The van der Waals surface area contributed by atoms with E-state index in [4.69, 9.17) is 22.1 Å². The van der Waals surface area contributed by atoms with Gasteiger partial charge in [0.15, 0.2) is 0 Å². The molecule has 2 N–H and O–H groups in total. The van der Waals surface area contributed by atoms with E-state index in [1.165, 1.54) is 5.56 Å². The van der Waals surface area contributed by atoms with Crippen molar-refractivity contribution >= 4 is 11.6 Å². The van der Waals surface area contributed by atoms with E-state index in [0.717, 1.165) is 49.0 Å². The van der Waals surface area contributed by atoms with Crippen molar-refractivity contribution in [3.05, 3.63) is 70.2 Å². The molecule has 0 radical (unpaired) electrons. The molecule has 3 rings (SSSR count). The molecule has 1 aliphatic rings. The Kier molecular flexibility index (Phi) is 5.11. The molecule has 0 spiro atoms. The number of hydrogen-bond acceptors (Lipinski definition) is 3. The van der Waals surface area contributed by atoms with Crippen LogP contribution in [-0.2, 0) is 11.3 Å². The first-order valence-electron chi connectivity index (χ1n) is 7.62. The number of hydrogen-bond donors (Lipinski definition) is 1. The fourth-order valence-corrected chi connectivity index (χ4v) is 2.94. The van der Waals surface area contributed by atoms with Gasteiger partial charge in [0.25, 0.3) is 0 Å². The summed E-state index contributed by atoms with van der Waals surface area (Å²) < 4.78 is 5.38. The van der Waals surface area contributed by atoms with Crippen LogP contribution >= 0.6 is 11.6 Å². The van der Waals surface area contributed by atoms with E-state index in [0.29, 0.717) is 0 Å². The largest absolute Gasteiger partial charge is 0.379 e. The average Bonchev–Trinajstić information content (AvgIpc) is 2.56. The minimum atomic E-state index is -0.142. The van der Waals surface area contributed by atoms with Gasteiger partial charge in [-0.15, -0.1) is 0 Å². The minimum Gasteiger partial charge on any atom is -0.379 e. The SMILES string of the molecule is NC(c1ccc(CN2CCOCC2)cc1)c1cccc(Cl)c1. The van der Waals surface area contributed by atoms with Crippen LogP contribution in [-0.4, -0.2) is 31.2 Å². The van der Waals surface area contributed by atoms with Gasteiger partial charge in [0.1, 0.15) is 0 Å². The maximum Gasteiger partial charge on any atom is 0.0594 e. The van der Waals surface area contributed by atoms with E-state index in [-0.39, 0.29) is 6.04 Å². The van der Waals surface area contributed by atoms with Crippen molar-refractivity contribution in [1.82, 2.24) is 4.90 Å². The Hall–Kier alpha value is -1.39. The first kappa shape index (κ1) is 15.5. The molecule has 0 aliphatic carbocycles. The first-order chi connectivity index (χ1) is 10.7. The predicted molar refractivity (Wildman–Crippen MR) is 90.0 cm³/mol. The predicted octanol–water partition coefficient (Wildman–Crippen LogP) is 3.22. The number of nitrogens with two attached hydrogens (primary N) is 1. The average molecular weight is 317 g/mol. The van der Waals surface area contributed by atoms with Crippen LogP contribution in [0.2, 0.25) is 5.02 Å². The lowest BCUT2D eigenvalue weighted by Crippen LogP contribution is -2.35. The Morgan fingerprint density at radius 3 is 2.45 bits per heavy atom. The molecule has 2 aromatic rings. The van der Waals surface area contributed by atoms with E-state index in [9.17, 15) is 0 Å². The second kappa shape index (κ2) is 7.25. The maximum absolute atomic E-state index is 6.33. The fourth-order valence-electron chi connectivity index (χ4n) is 2.74. The highest BCUT2D eigenvalue weighted by molar-refractivity contribution is 6.30. The number of ether oxygens (including phenoxy) is 1. The lowest BCUT2D eigenvalue weighted by atomic mass is 9.98. The van der Waals surface area contributed by atoms with Gasteiger partial charge in [0, 0.05) is 24.7 Å². The molecule has 1 heterocycles. The summed E-state index contributed by atoms with van der Waals surface area (Å²) in [6.07, 6.45) is 0. The van der Waals surface area contributed by atoms with E-state index in [2.05, 4.69) is 29.2 Å². The molecule has 116 valence electrons. The minimum absolute atomic E-state index is 0.142. The third-order valence-electron chi connectivity index (χ3n) is 4.06. The molecule has 1 atom stereocenters. The second-order valence-electron chi connectivity index (χ2n) is 5.66. The van der Waals surface area contributed by atoms with E-state index in [1.807, 2.05) is 24.3 Å².